The van der Waals surface area contributed by atoms with E-state index in [2.05, 4.69) is 0 Å². The summed E-state index contributed by atoms with van der Waals surface area (Å²) in [6.07, 6.45) is 0.0627. The van der Waals surface area contributed by atoms with Crippen molar-refractivity contribution in [3.8, 4) is 11.5 Å². The Morgan fingerprint density at radius 1 is 0.889 bits per heavy atom. The van der Waals surface area contributed by atoms with Gasteiger partial charge in [-0.05, 0) is 48.0 Å². The zero-order chi connectivity index (χ0) is 25.5. The number of Topliss-reactive ketones (excluding diaryl/α,β-unsaturated/α-hetero) is 1. The second kappa shape index (κ2) is 11.3. The van der Waals surface area contributed by atoms with Crippen molar-refractivity contribution in [1.82, 2.24) is 4.90 Å². The number of esters is 2. The zero-order valence-electron chi connectivity index (χ0n) is 19.7. The van der Waals surface area contributed by atoms with Crippen molar-refractivity contribution in [1.29, 1.82) is 0 Å². The lowest BCUT2D eigenvalue weighted by atomic mass is 10.1. The normalized spacial score (nSPS) is 14.9. The quantitative estimate of drug-likeness (QED) is 0.258. The van der Waals surface area contributed by atoms with Crippen LogP contribution in [0.1, 0.15) is 32.7 Å². The first-order valence-electron chi connectivity index (χ1n) is 11.4. The van der Waals surface area contributed by atoms with Crippen LogP contribution < -0.4 is 9.47 Å². The molecule has 0 unspecified atom stereocenters. The fourth-order valence-electron chi connectivity index (χ4n) is 3.85. The summed E-state index contributed by atoms with van der Waals surface area (Å²) in [6.45, 7) is 0.246. The first-order valence-corrected chi connectivity index (χ1v) is 11.4. The molecule has 1 amide bonds. The van der Waals surface area contributed by atoms with Gasteiger partial charge in [-0.1, -0.05) is 36.4 Å². The van der Waals surface area contributed by atoms with Crippen molar-refractivity contribution >= 4 is 23.6 Å². The second-order valence-electron chi connectivity index (χ2n) is 8.34. The van der Waals surface area contributed by atoms with E-state index >= 15 is 0 Å². The number of ketones is 1. The van der Waals surface area contributed by atoms with Crippen LogP contribution in [0.25, 0.3) is 0 Å². The second-order valence-corrected chi connectivity index (χ2v) is 8.34. The molecule has 1 aliphatic rings. The Balaban J connectivity index is 1.26. The van der Waals surface area contributed by atoms with E-state index in [1.165, 1.54) is 31.4 Å². The molecule has 1 heterocycles. The molecule has 0 aliphatic carbocycles. The fourth-order valence-corrected chi connectivity index (χ4v) is 3.85. The van der Waals surface area contributed by atoms with E-state index < -0.39 is 30.2 Å². The lowest BCUT2D eigenvalue weighted by Crippen LogP contribution is -2.27. The van der Waals surface area contributed by atoms with Crippen molar-refractivity contribution in [3.05, 3.63) is 95.6 Å². The van der Waals surface area contributed by atoms with Crippen LogP contribution in [0.4, 0.5) is 0 Å². The molecule has 184 valence electrons. The van der Waals surface area contributed by atoms with Crippen molar-refractivity contribution in [2.75, 3.05) is 20.3 Å². The predicted molar refractivity (Wildman–Crippen MR) is 130 cm³/mol. The number of hydrogen-bond acceptors (Lipinski definition) is 7. The van der Waals surface area contributed by atoms with Gasteiger partial charge >= 0.3 is 11.9 Å². The van der Waals surface area contributed by atoms with Crippen molar-refractivity contribution in [2.45, 2.75) is 13.0 Å². The van der Waals surface area contributed by atoms with Crippen LogP contribution in [0.15, 0.2) is 78.9 Å². The Hall–Kier alpha value is -4.46. The summed E-state index contributed by atoms with van der Waals surface area (Å²) < 4.78 is 15.6. The highest BCUT2D eigenvalue weighted by Gasteiger charge is 2.35. The van der Waals surface area contributed by atoms with Crippen LogP contribution in [0.2, 0.25) is 0 Å². The molecule has 3 aromatic rings. The highest BCUT2D eigenvalue weighted by molar-refractivity contribution is 5.98. The lowest BCUT2D eigenvalue weighted by Gasteiger charge is -2.16. The molecule has 4 rings (SSSR count). The highest BCUT2D eigenvalue weighted by Crippen LogP contribution is 2.22. The topological polar surface area (TPSA) is 99.2 Å². The molecule has 1 aliphatic heterocycles. The summed E-state index contributed by atoms with van der Waals surface area (Å²) >= 11 is 0. The molecular formula is C28H25NO7. The molecule has 8 heteroatoms. The molecule has 3 aromatic carbocycles. The number of ether oxygens (including phenoxy) is 3. The Morgan fingerprint density at radius 2 is 1.64 bits per heavy atom. The molecule has 0 saturated carbocycles. The first kappa shape index (κ1) is 24.7. The van der Waals surface area contributed by atoms with E-state index in [1.54, 1.807) is 29.2 Å². The Kier molecular flexibility index (Phi) is 7.75. The Morgan fingerprint density at radius 3 is 2.36 bits per heavy atom. The summed E-state index contributed by atoms with van der Waals surface area (Å²) in [5, 5.41) is 0. The summed E-state index contributed by atoms with van der Waals surface area (Å²) in [5.41, 5.74) is 1.61. The molecule has 0 aromatic heterocycles. The van der Waals surface area contributed by atoms with Crippen molar-refractivity contribution < 1.29 is 33.4 Å². The summed E-state index contributed by atoms with van der Waals surface area (Å²) in [5.74, 6) is -1.46. The maximum absolute atomic E-state index is 12.5. The van der Waals surface area contributed by atoms with Gasteiger partial charge in [0.2, 0.25) is 5.91 Å². The van der Waals surface area contributed by atoms with Crippen LogP contribution in [0.5, 0.6) is 11.5 Å². The molecule has 8 nitrogen and oxygen atoms in total. The van der Waals surface area contributed by atoms with E-state index in [0.29, 0.717) is 23.4 Å². The summed E-state index contributed by atoms with van der Waals surface area (Å²) in [6, 6.07) is 22.1. The maximum atomic E-state index is 12.5. The van der Waals surface area contributed by atoms with Crippen LogP contribution in [0, 0.1) is 5.92 Å². The largest absolute Gasteiger partial charge is 0.497 e. The monoisotopic (exact) mass is 487 g/mol. The van der Waals surface area contributed by atoms with Crippen LogP contribution >= 0.6 is 0 Å². The van der Waals surface area contributed by atoms with Gasteiger partial charge in [-0.2, -0.15) is 0 Å². The molecule has 0 radical (unpaired) electrons. The van der Waals surface area contributed by atoms with Gasteiger partial charge in [0.1, 0.15) is 11.5 Å². The van der Waals surface area contributed by atoms with Crippen LogP contribution in [-0.2, 0) is 20.9 Å². The first-order chi connectivity index (χ1) is 17.4. The van der Waals surface area contributed by atoms with E-state index in [-0.39, 0.29) is 24.6 Å². The van der Waals surface area contributed by atoms with Crippen LogP contribution in [0.3, 0.4) is 0 Å². The van der Waals surface area contributed by atoms with E-state index in [4.69, 9.17) is 14.2 Å². The SMILES string of the molecule is COc1cccc(C(=O)Oc2ccc(C(=O)COC(=O)[C@H]3CC(=O)N(Cc4ccccc4)C3)cc2)c1. The number of amides is 1. The number of likely N-dealkylation sites (tertiary alicyclic amines) is 1. The number of carbonyl (C=O) groups is 4. The standard InChI is InChI=1S/C28H25NO7/c1-34-24-9-5-8-21(14-24)28(33)36-23-12-10-20(11-13-23)25(30)18-35-27(32)22-15-26(31)29(17-22)16-19-6-3-2-4-7-19/h2-14,22H,15-18H2,1H3/t22-/m0/s1. The van der Waals surface area contributed by atoms with Crippen LogP contribution in [-0.4, -0.2) is 48.8 Å². The number of methoxy groups -OCH3 is 1. The van der Waals surface area contributed by atoms with Gasteiger partial charge in [-0.25, -0.2) is 4.79 Å². The third kappa shape index (κ3) is 6.15. The van der Waals surface area contributed by atoms with Gasteiger partial charge in [0.25, 0.3) is 0 Å². The molecule has 36 heavy (non-hydrogen) atoms. The Bertz CT molecular complexity index is 1250. The number of rotatable bonds is 9. The number of benzene rings is 3. The predicted octanol–water partition coefficient (Wildman–Crippen LogP) is 3.69. The third-order valence-electron chi connectivity index (χ3n) is 5.80. The molecule has 0 spiro atoms. The minimum absolute atomic E-state index is 0.0627. The lowest BCUT2D eigenvalue weighted by molar-refractivity contribution is -0.147. The van der Waals surface area contributed by atoms with Gasteiger partial charge in [0.15, 0.2) is 12.4 Å². The molecule has 0 bridgehead atoms. The summed E-state index contributed by atoms with van der Waals surface area (Å²) in [7, 11) is 1.51. The summed E-state index contributed by atoms with van der Waals surface area (Å²) in [4.78, 5) is 51.2. The number of hydrogen-bond donors (Lipinski definition) is 0. The average molecular weight is 488 g/mol. The third-order valence-corrected chi connectivity index (χ3v) is 5.80. The number of carbonyl (C=O) groups excluding carboxylic acids is 4. The fraction of sp³-hybridized carbons (Fsp3) is 0.214. The minimum Gasteiger partial charge on any atom is -0.497 e. The number of nitrogens with zero attached hydrogens (tertiary/aromatic N) is 1. The maximum Gasteiger partial charge on any atom is 0.343 e. The van der Waals surface area contributed by atoms with Gasteiger partial charge in [0, 0.05) is 25.1 Å². The van der Waals surface area contributed by atoms with Crippen molar-refractivity contribution in [2.24, 2.45) is 5.92 Å². The van der Waals surface area contributed by atoms with Gasteiger partial charge in [-0.15, -0.1) is 0 Å². The Labute approximate surface area is 208 Å². The van der Waals surface area contributed by atoms with E-state index in [9.17, 15) is 19.2 Å². The average Bonchev–Trinajstić information content (AvgIpc) is 3.28. The van der Waals surface area contributed by atoms with E-state index in [1.807, 2.05) is 30.3 Å². The molecule has 0 N–H and O–H groups in total. The van der Waals surface area contributed by atoms with Gasteiger partial charge in [-0.3, -0.25) is 14.4 Å². The molecule has 1 atom stereocenters. The van der Waals surface area contributed by atoms with Gasteiger partial charge in [0.05, 0.1) is 18.6 Å². The zero-order valence-corrected chi connectivity index (χ0v) is 19.7. The minimum atomic E-state index is -0.604. The van der Waals surface area contributed by atoms with Crippen molar-refractivity contribution in [3.63, 3.8) is 0 Å². The van der Waals surface area contributed by atoms with E-state index in [0.717, 1.165) is 5.56 Å². The highest BCUT2D eigenvalue weighted by atomic mass is 16.5. The van der Waals surface area contributed by atoms with Gasteiger partial charge < -0.3 is 19.1 Å². The smallest absolute Gasteiger partial charge is 0.343 e. The molecule has 1 saturated heterocycles. The molecular weight excluding hydrogens is 462 g/mol. The molecule has 1 fully saturated rings.